The number of carbonyl (C=O) groups excluding carboxylic acids is 1. The predicted octanol–water partition coefficient (Wildman–Crippen LogP) is 3.50. The number of hydrogen-bond acceptors (Lipinski definition) is 3. The van der Waals surface area contributed by atoms with Crippen molar-refractivity contribution in [2.45, 2.75) is 38.1 Å². The summed E-state index contributed by atoms with van der Waals surface area (Å²) >= 11 is 0. The lowest BCUT2D eigenvalue weighted by Crippen LogP contribution is -2.43. The molecule has 7 heteroatoms. The fourth-order valence-corrected chi connectivity index (χ4v) is 5.18. The third kappa shape index (κ3) is 4.85. The van der Waals surface area contributed by atoms with E-state index in [-0.39, 0.29) is 17.6 Å². The number of sulfonamides is 1. The standard InChI is InChI=1S/C22H27FN2O3S/c1-16-4-9-21(14-17(16)2)29(27,28)25-12-10-19(11-13-25)22(26)24(3)15-18-5-7-20(23)8-6-18/h4-9,14,19H,10-13,15H2,1-3H3. The predicted molar refractivity (Wildman–Crippen MR) is 110 cm³/mol. The lowest BCUT2D eigenvalue weighted by Gasteiger charge is -2.32. The molecule has 156 valence electrons. The van der Waals surface area contributed by atoms with Gasteiger partial charge >= 0.3 is 0 Å². The Morgan fingerprint density at radius 2 is 1.69 bits per heavy atom. The van der Waals surface area contributed by atoms with Crippen molar-refractivity contribution >= 4 is 15.9 Å². The van der Waals surface area contributed by atoms with Crippen LogP contribution in [-0.2, 0) is 21.4 Å². The number of nitrogens with zero attached hydrogens (tertiary/aromatic N) is 2. The third-order valence-electron chi connectivity index (χ3n) is 5.63. The summed E-state index contributed by atoms with van der Waals surface area (Å²) in [6, 6.07) is 11.3. The average molecular weight is 419 g/mol. The molecular formula is C22H27FN2O3S. The van der Waals surface area contributed by atoms with Crippen LogP contribution in [0.1, 0.15) is 29.5 Å². The summed E-state index contributed by atoms with van der Waals surface area (Å²) in [4.78, 5) is 14.7. The molecule has 1 aliphatic heterocycles. The highest BCUT2D eigenvalue weighted by Gasteiger charge is 2.33. The Morgan fingerprint density at radius 1 is 1.07 bits per heavy atom. The van der Waals surface area contributed by atoms with Gasteiger partial charge in [0.25, 0.3) is 0 Å². The maximum absolute atomic E-state index is 13.0. The van der Waals surface area contributed by atoms with E-state index < -0.39 is 10.0 Å². The Bertz CT molecular complexity index is 982. The second-order valence-electron chi connectivity index (χ2n) is 7.75. The second kappa shape index (κ2) is 8.63. The highest BCUT2D eigenvalue weighted by atomic mass is 32.2. The van der Waals surface area contributed by atoms with Crippen molar-refractivity contribution in [1.82, 2.24) is 9.21 Å². The van der Waals surface area contributed by atoms with Crippen LogP contribution in [0.2, 0.25) is 0 Å². The van der Waals surface area contributed by atoms with Crippen LogP contribution in [-0.4, -0.2) is 43.7 Å². The molecule has 0 saturated carbocycles. The van der Waals surface area contributed by atoms with Crippen LogP contribution in [0.4, 0.5) is 4.39 Å². The fraction of sp³-hybridized carbons (Fsp3) is 0.409. The largest absolute Gasteiger partial charge is 0.341 e. The molecule has 0 aromatic heterocycles. The van der Waals surface area contributed by atoms with Gasteiger partial charge in [-0.3, -0.25) is 4.79 Å². The van der Waals surface area contributed by atoms with E-state index in [1.165, 1.54) is 16.4 Å². The van der Waals surface area contributed by atoms with Crippen LogP contribution in [0.15, 0.2) is 47.4 Å². The van der Waals surface area contributed by atoms with Gasteiger partial charge in [-0.2, -0.15) is 4.31 Å². The number of piperidine rings is 1. The molecular weight excluding hydrogens is 391 g/mol. The van der Waals surface area contributed by atoms with Gasteiger partial charge in [-0.05, 0) is 67.6 Å². The fourth-order valence-electron chi connectivity index (χ4n) is 3.62. The van der Waals surface area contributed by atoms with Crippen molar-refractivity contribution < 1.29 is 17.6 Å². The van der Waals surface area contributed by atoms with Crippen LogP contribution in [0.25, 0.3) is 0 Å². The van der Waals surface area contributed by atoms with Crippen molar-refractivity contribution in [2.24, 2.45) is 5.92 Å². The van der Waals surface area contributed by atoms with Crippen LogP contribution in [0, 0.1) is 25.6 Å². The molecule has 0 aliphatic carbocycles. The summed E-state index contributed by atoms with van der Waals surface area (Å²) in [5, 5.41) is 0. The van der Waals surface area contributed by atoms with E-state index in [9.17, 15) is 17.6 Å². The highest BCUT2D eigenvalue weighted by molar-refractivity contribution is 7.89. The quantitative estimate of drug-likeness (QED) is 0.747. The number of amides is 1. The Hall–Kier alpha value is -2.25. The first-order chi connectivity index (χ1) is 13.7. The van der Waals surface area contributed by atoms with Gasteiger partial charge in [0, 0.05) is 32.6 Å². The summed E-state index contributed by atoms with van der Waals surface area (Å²) in [5.41, 5.74) is 2.85. The molecule has 1 heterocycles. The summed E-state index contributed by atoms with van der Waals surface area (Å²) < 4.78 is 40.4. The van der Waals surface area contributed by atoms with Crippen LogP contribution < -0.4 is 0 Å². The van der Waals surface area contributed by atoms with Gasteiger partial charge in [0.1, 0.15) is 5.82 Å². The van der Waals surface area contributed by atoms with Gasteiger partial charge in [0.15, 0.2) is 0 Å². The summed E-state index contributed by atoms with van der Waals surface area (Å²) in [5.74, 6) is -0.510. The zero-order chi connectivity index (χ0) is 21.2. The molecule has 1 saturated heterocycles. The average Bonchev–Trinajstić information content (AvgIpc) is 2.71. The molecule has 0 spiro atoms. The Balaban J connectivity index is 1.61. The van der Waals surface area contributed by atoms with Gasteiger partial charge in [-0.25, -0.2) is 12.8 Å². The molecule has 2 aromatic carbocycles. The molecule has 0 atom stereocenters. The van der Waals surface area contributed by atoms with Crippen molar-refractivity contribution in [3.63, 3.8) is 0 Å². The minimum Gasteiger partial charge on any atom is -0.341 e. The second-order valence-corrected chi connectivity index (χ2v) is 9.68. The zero-order valence-electron chi connectivity index (χ0n) is 17.1. The number of benzene rings is 2. The van der Waals surface area contributed by atoms with Gasteiger partial charge in [0.2, 0.25) is 15.9 Å². The molecule has 0 radical (unpaired) electrons. The molecule has 1 amide bonds. The number of aryl methyl sites for hydroxylation is 2. The van der Waals surface area contributed by atoms with Crippen molar-refractivity contribution in [1.29, 1.82) is 0 Å². The first-order valence-corrected chi connectivity index (χ1v) is 11.2. The van der Waals surface area contributed by atoms with Crippen LogP contribution in [0.5, 0.6) is 0 Å². The van der Waals surface area contributed by atoms with Crippen LogP contribution in [0.3, 0.4) is 0 Å². The van der Waals surface area contributed by atoms with E-state index in [2.05, 4.69) is 0 Å². The van der Waals surface area contributed by atoms with Crippen LogP contribution >= 0.6 is 0 Å². The molecule has 0 bridgehead atoms. The van der Waals surface area contributed by atoms with Crippen molar-refractivity contribution in [3.05, 3.63) is 65.0 Å². The van der Waals surface area contributed by atoms with Crippen molar-refractivity contribution in [3.8, 4) is 0 Å². The highest BCUT2D eigenvalue weighted by Crippen LogP contribution is 2.26. The Labute approximate surface area is 172 Å². The van der Waals surface area contributed by atoms with E-state index in [0.717, 1.165) is 16.7 Å². The summed E-state index contributed by atoms with van der Waals surface area (Å²) in [6.07, 6.45) is 0.993. The van der Waals surface area contributed by atoms with Gasteiger partial charge < -0.3 is 4.90 Å². The van der Waals surface area contributed by atoms with Crippen molar-refractivity contribution in [2.75, 3.05) is 20.1 Å². The van der Waals surface area contributed by atoms with E-state index in [1.54, 1.807) is 36.2 Å². The monoisotopic (exact) mass is 418 g/mol. The Kier molecular flexibility index (Phi) is 6.39. The molecule has 0 unspecified atom stereocenters. The Morgan fingerprint density at radius 3 is 2.28 bits per heavy atom. The van der Waals surface area contributed by atoms with E-state index in [1.807, 2.05) is 19.9 Å². The molecule has 29 heavy (non-hydrogen) atoms. The molecule has 5 nitrogen and oxygen atoms in total. The van der Waals surface area contributed by atoms with E-state index in [4.69, 9.17) is 0 Å². The molecule has 3 rings (SSSR count). The third-order valence-corrected chi connectivity index (χ3v) is 7.52. The zero-order valence-corrected chi connectivity index (χ0v) is 17.9. The molecule has 1 aliphatic rings. The first-order valence-electron chi connectivity index (χ1n) is 9.75. The molecule has 1 fully saturated rings. The summed E-state index contributed by atoms with van der Waals surface area (Å²) in [6.45, 7) is 4.91. The smallest absolute Gasteiger partial charge is 0.243 e. The maximum atomic E-state index is 13.0. The normalized spacial score (nSPS) is 16.0. The van der Waals surface area contributed by atoms with Gasteiger partial charge in [-0.15, -0.1) is 0 Å². The number of carbonyl (C=O) groups is 1. The maximum Gasteiger partial charge on any atom is 0.243 e. The number of halogens is 1. The van der Waals surface area contributed by atoms with E-state index in [0.29, 0.717) is 37.4 Å². The lowest BCUT2D eigenvalue weighted by atomic mass is 9.96. The first kappa shape index (κ1) is 21.5. The SMILES string of the molecule is Cc1ccc(S(=O)(=O)N2CCC(C(=O)N(C)Cc3ccc(F)cc3)CC2)cc1C. The summed E-state index contributed by atoms with van der Waals surface area (Å²) in [7, 11) is -1.82. The minimum atomic E-state index is -3.55. The lowest BCUT2D eigenvalue weighted by molar-refractivity contribution is -0.135. The van der Waals surface area contributed by atoms with Gasteiger partial charge in [0.05, 0.1) is 4.90 Å². The molecule has 2 aromatic rings. The molecule has 0 N–H and O–H groups in total. The topological polar surface area (TPSA) is 57.7 Å². The minimum absolute atomic E-state index is 0.00227. The number of rotatable bonds is 5. The van der Waals surface area contributed by atoms with E-state index >= 15 is 0 Å². The van der Waals surface area contributed by atoms with Gasteiger partial charge in [-0.1, -0.05) is 18.2 Å². The number of hydrogen-bond donors (Lipinski definition) is 0.